The lowest BCUT2D eigenvalue weighted by Crippen LogP contribution is -2.54. The number of hydrogen-bond acceptors (Lipinski definition) is 3. The van der Waals surface area contributed by atoms with E-state index >= 15 is 0 Å². The van der Waals surface area contributed by atoms with Crippen molar-refractivity contribution in [2.24, 2.45) is 5.41 Å². The van der Waals surface area contributed by atoms with Crippen LogP contribution in [0.5, 0.6) is 0 Å². The van der Waals surface area contributed by atoms with E-state index in [9.17, 15) is 13.2 Å². The second-order valence-electron chi connectivity index (χ2n) is 7.55. The highest BCUT2D eigenvalue weighted by molar-refractivity contribution is 7.86. The molecular formula is C16H29N3O3S. The van der Waals surface area contributed by atoms with Crippen molar-refractivity contribution in [2.75, 3.05) is 33.7 Å². The van der Waals surface area contributed by atoms with Crippen molar-refractivity contribution in [3.63, 3.8) is 0 Å². The first-order valence-electron chi connectivity index (χ1n) is 8.85. The van der Waals surface area contributed by atoms with Crippen molar-refractivity contribution < 1.29 is 13.2 Å². The Bertz CT molecular complexity index is 557. The normalized spacial score (nSPS) is 31.4. The molecule has 3 aliphatic rings. The summed E-state index contributed by atoms with van der Waals surface area (Å²) in [6.45, 7) is 1.67. The van der Waals surface area contributed by atoms with Crippen molar-refractivity contribution >= 4 is 16.1 Å². The summed E-state index contributed by atoms with van der Waals surface area (Å²) in [5.74, 6) is 0.215. The van der Waals surface area contributed by atoms with Gasteiger partial charge in [0.15, 0.2) is 0 Å². The molecule has 7 heteroatoms. The fraction of sp³-hybridized carbons (Fsp3) is 0.938. The van der Waals surface area contributed by atoms with E-state index < -0.39 is 15.6 Å². The molecule has 0 aromatic rings. The van der Waals surface area contributed by atoms with Crippen LogP contribution in [0.3, 0.4) is 0 Å². The Morgan fingerprint density at radius 3 is 2.39 bits per heavy atom. The first-order valence-corrected chi connectivity index (χ1v) is 10.3. The van der Waals surface area contributed by atoms with Gasteiger partial charge in [-0.25, -0.2) is 0 Å². The molecule has 1 unspecified atom stereocenters. The molecule has 6 nitrogen and oxygen atoms in total. The van der Waals surface area contributed by atoms with E-state index in [0.717, 1.165) is 32.2 Å². The molecule has 3 rings (SSSR count). The van der Waals surface area contributed by atoms with Crippen LogP contribution in [0.1, 0.15) is 51.4 Å². The minimum Gasteiger partial charge on any atom is -0.339 e. The summed E-state index contributed by atoms with van der Waals surface area (Å²) in [5, 5.41) is 0. The summed E-state index contributed by atoms with van der Waals surface area (Å²) in [4.78, 5) is 15.3. The Balaban J connectivity index is 1.76. The molecule has 0 aromatic heterocycles. The third-order valence-corrected chi connectivity index (χ3v) is 7.78. The molecule has 2 aliphatic heterocycles. The molecule has 0 aromatic carbocycles. The van der Waals surface area contributed by atoms with Crippen LogP contribution in [-0.4, -0.2) is 67.6 Å². The predicted octanol–water partition coefficient (Wildman–Crippen LogP) is 1.44. The number of rotatable bonds is 3. The number of piperidine rings is 1. The van der Waals surface area contributed by atoms with Gasteiger partial charge in [0.2, 0.25) is 5.91 Å². The summed E-state index contributed by atoms with van der Waals surface area (Å²) in [6.07, 6.45) is 8.42. The highest BCUT2D eigenvalue weighted by atomic mass is 32.2. The van der Waals surface area contributed by atoms with Crippen LogP contribution >= 0.6 is 0 Å². The zero-order valence-electron chi connectivity index (χ0n) is 14.3. The lowest BCUT2D eigenvalue weighted by molar-refractivity contribution is -0.149. The lowest BCUT2D eigenvalue weighted by Gasteiger charge is -2.44. The van der Waals surface area contributed by atoms with Gasteiger partial charge in [-0.2, -0.15) is 17.0 Å². The molecule has 2 heterocycles. The number of amides is 1. The van der Waals surface area contributed by atoms with Crippen LogP contribution in [0.25, 0.3) is 0 Å². The molecule has 1 saturated carbocycles. The van der Waals surface area contributed by atoms with Crippen molar-refractivity contribution in [3.05, 3.63) is 0 Å². The maximum absolute atomic E-state index is 13.2. The highest BCUT2D eigenvalue weighted by Gasteiger charge is 2.52. The molecule has 0 radical (unpaired) electrons. The first kappa shape index (κ1) is 17.2. The molecule has 1 atom stereocenters. The number of likely N-dealkylation sites (tertiary alicyclic amines) is 1. The maximum atomic E-state index is 13.2. The molecule has 1 spiro atoms. The van der Waals surface area contributed by atoms with Crippen molar-refractivity contribution in [2.45, 2.75) is 57.4 Å². The van der Waals surface area contributed by atoms with E-state index in [2.05, 4.69) is 4.90 Å². The van der Waals surface area contributed by atoms with E-state index in [0.29, 0.717) is 25.6 Å². The van der Waals surface area contributed by atoms with Gasteiger partial charge in [0.1, 0.15) is 0 Å². The second kappa shape index (κ2) is 6.33. The number of carbonyl (C=O) groups excluding carboxylic acids is 1. The standard InChI is InChI=1S/C16H29N3O3S/c1-17(2)23(21,22)18-12-10-16(13-18)9-6-11-19(15(16)20)14-7-4-3-5-8-14/h14H,3-13H2,1-2H3. The lowest BCUT2D eigenvalue weighted by atomic mass is 9.77. The topological polar surface area (TPSA) is 60.9 Å². The van der Waals surface area contributed by atoms with E-state index in [-0.39, 0.29) is 5.91 Å². The Morgan fingerprint density at radius 1 is 1.04 bits per heavy atom. The summed E-state index contributed by atoms with van der Waals surface area (Å²) in [6, 6.07) is 0.382. The van der Waals surface area contributed by atoms with Crippen molar-refractivity contribution in [3.8, 4) is 0 Å². The van der Waals surface area contributed by atoms with E-state index in [1.165, 1.54) is 27.9 Å². The summed E-state index contributed by atoms with van der Waals surface area (Å²) >= 11 is 0. The number of carbonyl (C=O) groups is 1. The van der Waals surface area contributed by atoms with Gasteiger partial charge < -0.3 is 4.90 Å². The zero-order chi connectivity index (χ0) is 16.7. The molecule has 2 saturated heterocycles. The van der Waals surface area contributed by atoms with Crippen LogP contribution in [0.2, 0.25) is 0 Å². The largest absolute Gasteiger partial charge is 0.339 e. The average molecular weight is 343 g/mol. The van der Waals surface area contributed by atoms with Crippen molar-refractivity contribution in [1.82, 2.24) is 13.5 Å². The van der Waals surface area contributed by atoms with Gasteiger partial charge in [-0.15, -0.1) is 0 Å². The summed E-state index contributed by atoms with van der Waals surface area (Å²) < 4.78 is 27.5. The summed E-state index contributed by atoms with van der Waals surface area (Å²) in [5.41, 5.74) is -0.473. The monoisotopic (exact) mass is 343 g/mol. The number of nitrogens with zero attached hydrogens (tertiary/aromatic N) is 3. The third kappa shape index (κ3) is 3.03. The van der Waals surface area contributed by atoms with E-state index in [1.807, 2.05) is 0 Å². The SMILES string of the molecule is CN(C)S(=O)(=O)N1CCC2(CCCN(C3CCCCC3)C2=O)C1. The molecule has 0 bridgehead atoms. The average Bonchev–Trinajstić information content (AvgIpc) is 2.97. The fourth-order valence-electron chi connectivity index (χ4n) is 4.48. The molecule has 3 fully saturated rings. The first-order chi connectivity index (χ1) is 10.9. The van der Waals surface area contributed by atoms with Crippen molar-refractivity contribution in [1.29, 1.82) is 0 Å². The maximum Gasteiger partial charge on any atom is 0.281 e. The van der Waals surface area contributed by atoms with E-state index in [4.69, 9.17) is 0 Å². The predicted molar refractivity (Wildman–Crippen MR) is 89.0 cm³/mol. The second-order valence-corrected chi connectivity index (χ2v) is 9.69. The quantitative estimate of drug-likeness (QED) is 0.779. The van der Waals surface area contributed by atoms with Gasteiger partial charge in [-0.1, -0.05) is 19.3 Å². The van der Waals surface area contributed by atoms with Crippen LogP contribution in [0, 0.1) is 5.41 Å². The Hall–Kier alpha value is -0.660. The van der Waals surface area contributed by atoms with Gasteiger partial charge in [-0.05, 0) is 32.1 Å². The molecule has 23 heavy (non-hydrogen) atoms. The minimum atomic E-state index is -3.42. The van der Waals surface area contributed by atoms with Crippen LogP contribution < -0.4 is 0 Å². The van der Waals surface area contributed by atoms with Crippen LogP contribution in [0.15, 0.2) is 0 Å². The molecular weight excluding hydrogens is 314 g/mol. The van der Waals surface area contributed by atoms with Crippen LogP contribution in [-0.2, 0) is 15.0 Å². The van der Waals surface area contributed by atoms with Crippen LogP contribution in [0.4, 0.5) is 0 Å². The van der Waals surface area contributed by atoms with Gasteiger partial charge >= 0.3 is 0 Å². The zero-order valence-corrected chi connectivity index (χ0v) is 15.1. The van der Waals surface area contributed by atoms with Gasteiger partial charge in [0.25, 0.3) is 10.2 Å². The Kier molecular flexibility index (Phi) is 4.73. The number of hydrogen-bond donors (Lipinski definition) is 0. The van der Waals surface area contributed by atoms with Gasteiger partial charge in [0.05, 0.1) is 5.41 Å². The molecule has 1 amide bonds. The van der Waals surface area contributed by atoms with Gasteiger partial charge in [-0.3, -0.25) is 4.79 Å². The Morgan fingerprint density at radius 2 is 1.74 bits per heavy atom. The third-order valence-electron chi connectivity index (χ3n) is 5.89. The Labute approximate surface area is 140 Å². The summed E-state index contributed by atoms with van der Waals surface area (Å²) in [7, 11) is -0.316. The highest BCUT2D eigenvalue weighted by Crippen LogP contribution is 2.42. The molecule has 132 valence electrons. The van der Waals surface area contributed by atoms with Gasteiger partial charge in [0, 0.05) is 39.8 Å². The van der Waals surface area contributed by atoms with E-state index in [1.54, 1.807) is 14.1 Å². The minimum absolute atomic E-state index is 0.215. The fourth-order valence-corrected chi connectivity index (χ4v) is 5.68. The molecule has 1 aliphatic carbocycles. The smallest absolute Gasteiger partial charge is 0.281 e. The molecule has 0 N–H and O–H groups in total.